The zero-order valence-corrected chi connectivity index (χ0v) is 19.1. The average Bonchev–Trinajstić information content (AvgIpc) is 3.26. The number of unbranched alkanes of at least 4 members (excludes halogenated alkanes) is 13. The van der Waals surface area contributed by atoms with Crippen LogP contribution in [0.5, 0.6) is 0 Å². The summed E-state index contributed by atoms with van der Waals surface area (Å²) >= 11 is 0. The minimum atomic E-state index is 0.427. The molecule has 162 valence electrons. The molecule has 0 saturated heterocycles. The molecule has 1 unspecified atom stereocenters. The van der Waals surface area contributed by atoms with Crippen LogP contribution in [0.2, 0.25) is 0 Å². The van der Waals surface area contributed by atoms with Crippen molar-refractivity contribution in [2.24, 2.45) is 0 Å². The largest absolute Gasteiger partial charge is 0.330 e. The zero-order chi connectivity index (χ0) is 20.6. The summed E-state index contributed by atoms with van der Waals surface area (Å²) in [5, 5.41) is 0. The van der Waals surface area contributed by atoms with Crippen LogP contribution in [-0.4, -0.2) is 9.55 Å². The molecule has 2 nitrogen and oxygen atoms in total. The summed E-state index contributed by atoms with van der Waals surface area (Å²) in [5.41, 5.74) is 2.83. The van der Waals surface area contributed by atoms with Gasteiger partial charge < -0.3 is 4.57 Å². The van der Waals surface area contributed by atoms with Crippen molar-refractivity contribution in [3.63, 3.8) is 0 Å². The molecule has 0 N–H and O–H groups in total. The minimum Gasteiger partial charge on any atom is -0.330 e. The summed E-state index contributed by atoms with van der Waals surface area (Å²) < 4.78 is 2.28. The smallest absolute Gasteiger partial charge is 0.0951 e. The van der Waals surface area contributed by atoms with E-state index in [1.54, 1.807) is 0 Å². The Morgan fingerprint density at radius 2 is 1.31 bits per heavy atom. The van der Waals surface area contributed by atoms with E-state index in [0.717, 1.165) is 0 Å². The van der Waals surface area contributed by atoms with E-state index in [9.17, 15) is 0 Å². The van der Waals surface area contributed by atoms with E-state index >= 15 is 0 Å². The molecular formula is C27H44N2. The van der Waals surface area contributed by atoms with Gasteiger partial charge in [-0.1, -0.05) is 121 Å². The van der Waals surface area contributed by atoms with E-state index in [-0.39, 0.29) is 0 Å². The first kappa shape index (κ1) is 23.7. The number of hydrogen-bond donors (Lipinski definition) is 0. The Bertz CT molecular complexity index is 617. The van der Waals surface area contributed by atoms with Gasteiger partial charge in [0, 0.05) is 12.4 Å². The van der Waals surface area contributed by atoms with Crippen LogP contribution in [0.25, 0.3) is 0 Å². The second kappa shape index (κ2) is 15.3. The van der Waals surface area contributed by atoms with Gasteiger partial charge in [0.05, 0.1) is 12.4 Å². The number of aryl methyl sites for hydroxylation is 1. The van der Waals surface area contributed by atoms with E-state index in [4.69, 9.17) is 0 Å². The Morgan fingerprint density at radius 1 is 0.759 bits per heavy atom. The third kappa shape index (κ3) is 9.65. The van der Waals surface area contributed by atoms with Crippen molar-refractivity contribution in [2.75, 3.05) is 0 Å². The van der Waals surface area contributed by atoms with Gasteiger partial charge >= 0.3 is 0 Å². The molecule has 0 aliphatic rings. The van der Waals surface area contributed by atoms with Crippen molar-refractivity contribution in [2.45, 2.75) is 116 Å². The van der Waals surface area contributed by atoms with Gasteiger partial charge in [0.25, 0.3) is 0 Å². The molecule has 0 aliphatic carbocycles. The lowest BCUT2D eigenvalue weighted by molar-refractivity contribution is 0.485. The molecule has 1 heterocycles. The van der Waals surface area contributed by atoms with Gasteiger partial charge in [-0.2, -0.15) is 0 Å². The summed E-state index contributed by atoms with van der Waals surface area (Å²) in [6, 6.07) is 9.23. The monoisotopic (exact) mass is 396 g/mol. The highest BCUT2D eigenvalue weighted by Gasteiger charge is 2.14. The van der Waals surface area contributed by atoms with Crippen molar-refractivity contribution in [1.82, 2.24) is 9.55 Å². The highest BCUT2D eigenvalue weighted by Crippen LogP contribution is 2.27. The fraction of sp³-hybridized carbons (Fsp3) is 0.667. The van der Waals surface area contributed by atoms with Crippen LogP contribution in [0.3, 0.4) is 0 Å². The van der Waals surface area contributed by atoms with E-state index in [1.807, 2.05) is 12.5 Å². The predicted octanol–water partition coefficient (Wildman–Crippen LogP) is 8.65. The zero-order valence-electron chi connectivity index (χ0n) is 19.1. The normalized spacial score (nSPS) is 12.3. The third-order valence-corrected chi connectivity index (χ3v) is 6.26. The topological polar surface area (TPSA) is 17.8 Å². The van der Waals surface area contributed by atoms with E-state index < -0.39 is 0 Å². The lowest BCUT2D eigenvalue weighted by Crippen LogP contribution is -2.10. The number of nitrogens with zero attached hydrogens (tertiary/aromatic N) is 2. The summed E-state index contributed by atoms with van der Waals surface area (Å²) in [6.07, 6.45) is 27.0. The van der Waals surface area contributed by atoms with Crippen LogP contribution in [0.1, 0.15) is 120 Å². The minimum absolute atomic E-state index is 0.427. The van der Waals surface area contributed by atoms with Crippen molar-refractivity contribution in [3.05, 3.63) is 54.1 Å². The number of rotatable bonds is 17. The van der Waals surface area contributed by atoms with Crippen LogP contribution in [0, 0.1) is 6.92 Å². The highest BCUT2D eigenvalue weighted by molar-refractivity contribution is 5.29. The van der Waals surface area contributed by atoms with Crippen LogP contribution in [0.4, 0.5) is 0 Å². The van der Waals surface area contributed by atoms with E-state index in [1.165, 1.54) is 107 Å². The molecule has 0 amide bonds. The van der Waals surface area contributed by atoms with Crippen LogP contribution < -0.4 is 0 Å². The molecule has 0 saturated carbocycles. The average molecular weight is 397 g/mol. The SMILES string of the molecule is CCCCCCCCCCCCCCCCC(c1ccccc1C)n1ccnc1. The maximum Gasteiger partial charge on any atom is 0.0951 e. The standard InChI is InChI=1S/C27H44N2/c1-3-4-5-6-7-8-9-10-11-12-13-14-15-16-21-27(29-23-22-28-24-29)26-20-18-17-19-25(26)2/h17-20,22-24,27H,3-16,21H2,1-2H3. The third-order valence-electron chi connectivity index (χ3n) is 6.26. The molecule has 1 aromatic carbocycles. The molecule has 29 heavy (non-hydrogen) atoms. The van der Waals surface area contributed by atoms with Gasteiger partial charge in [-0.05, 0) is 24.5 Å². The molecule has 2 aromatic rings. The summed E-state index contributed by atoms with van der Waals surface area (Å²) in [7, 11) is 0. The molecule has 0 radical (unpaired) electrons. The predicted molar refractivity (Wildman–Crippen MR) is 126 cm³/mol. The number of benzene rings is 1. The molecule has 2 rings (SSSR count). The Morgan fingerprint density at radius 3 is 1.83 bits per heavy atom. The fourth-order valence-electron chi connectivity index (χ4n) is 4.41. The lowest BCUT2D eigenvalue weighted by Gasteiger charge is -2.21. The number of aromatic nitrogens is 2. The molecule has 0 aliphatic heterocycles. The van der Waals surface area contributed by atoms with Gasteiger partial charge in [0.15, 0.2) is 0 Å². The Kier molecular flexibility index (Phi) is 12.5. The summed E-state index contributed by atoms with van der Waals surface area (Å²) in [5.74, 6) is 0. The van der Waals surface area contributed by atoms with Gasteiger partial charge in [-0.15, -0.1) is 0 Å². The molecule has 2 heteroatoms. The molecule has 0 fully saturated rings. The fourth-order valence-corrected chi connectivity index (χ4v) is 4.41. The van der Waals surface area contributed by atoms with Gasteiger partial charge in [-0.3, -0.25) is 0 Å². The maximum absolute atomic E-state index is 4.28. The Balaban J connectivity index is 1.53. The van der Waals surface area contributed by atoms with Crippen LogP contribution in [0.15, 0.2) is 43.0 Å². The maximum atomic E-state index is 4.28. The van der Waals surface area contributed by atoms with Gasteiger partial charge in [0.2, 0.25) is 0 Å². The number of imidazole rings is 1. The second-order valence-corrected chi connectivity index (χ2v) is 8.77. The lowest BCUT2D eigenvalue weighted by atomic mass is 9.96. The Labute approximate surface area is 180 Å². The first-order chi connectivity index (χ1) is 14.3. The van der Waals surface area contributed by atoms with Crippen molar-refractivity contribution < 1.29 is 0 Å². The Hall–Kier alpha value is -1.57. The first-order valence-electron chi connectivity index (χ1n) is 12.4. The highest BCUT2D eigenvalue weighted by atomic mass is 15.0. The van der Waals surface area contributed by atoms with Gasteiger partial charge in [-0.25, -0.2) is 4.98 Å². The van der Waals surface area contributed by atoms with Crippen molar-refractivity contribution >= 4 is 0 Å². The second-order valence-electron chi connectivity index (χ2n) is 8.77. The molecular weight excluding hydrogens is 352 g/mol. The summed E-state index contributed by atoms with van der Waals surface area (Å²) in [4.78, 5) is 4.28. The summed E-state index contributed by atoms with van der Waals surface area (Å²) in [6.45, 7) is 4.52. The van der Waals surface area contributed by atoms with E-state index in [0.29, 0.717) is 6.04 Å². The van der Waals surface area contributed by atoms with Crippen LogP contribution in [-0.2, 0) is 0 Å². The first-order valence-corrected chi connectivity index (χ1v) is 12.4. The van der Waals surface area contributed by atoms with Crippen LogP contribution >= 0.6 is 0 Å². The van der Waals surface area contributed by atoms with Crippen molar-refractivity contribution in [1.29, 1.82) is 0 Å². The molecule has 0 bridgehead atoms. The number of hydrogen-bond acceptors (Lipinski definition) is 1. The molecule has 0 spiro atoms. The van der Waals surface area contributed by atoms with E-state index in [2.05, 4.69) is 53.9 Å². The van der Waals surface area contributed by atoms with Crippen molar-refractivity contribution in [3.8, 4) is 0 Å². The molecule has 1 aromatic heterocycles. The van der Waals surface area contributed by atoms with Gasteiger partial charge in [0.1, 0.15) is 0 Å². The quantitative estimate of drug-likeness (QED) is 0.245. The molecule has 1 atom stereocenters.